The van der Waals surface area contributed by atoms with Crippen molar-refractivity contribution in [2.24, 2.45) is 0 Å². The van der Waals surface area contributed by atoms with Crippen LogP contribution < -0.4 is 5.32 Å². The third-order valence-corrected chi connectivity index (χ3v) is 2.64. The van der Waals surface area contributed by atoms with Crippen molar-refractivity contribution in [3.8, 4) is 0 Å². The van der Waals surface area contributed by atoms with Crippen LogP contribution in [0.1, 0.15) is 42.7 Å². The fourth-order valence-electron chi connectivity index (χ4n) is 1.74. The fourth-order valence-corrected chi connectivity index (χ4v) is 1.74. The molecule has 0 aliphatic heterocycles. The first kappa shape index (κ1) is 16.5. The summed E-state index contributed by atoms with van der Waals surface area (Å²) in [6.45, 7) is 5.23. The third kappa shape index (κ3) is 4.53. The highest BCUT2D eigenvalue weighted by Gasteiger charge is 2.22. The number of ether oxygens (including phenoxy) is 1. The van der Waals surface area contributed by atoms with Crippen molar-refractivity contribution in [1.29, 1.82) is 0 Å². The van der Waals surface area contributed by atoms with Crippen LogP contribution in [0.25, 0.3) is 0 Å². The zero-order valence-corrected chi connectivity index (χ0v) is 12.9. The normalized spacial score (nSPS) is 11.3. The number of carboxylic acid groups (broad SMARTS) is 1. The largest absolute Gasteiger partial charge is 0.476 e. The Balaban J connectivity index is 2.13. The minimum Gasteiger partial charge on any atom is -0.476 e. The van der Waals surface area contributed by atoms with Crippen molar-refractivity contribution in [2.45, 2.75) is 39.5 Å². The molecule has 0 aliphatic rings. The molecule has 0 fully saturated rings. The molecule has 2 N–H and O–H groups in total. The Morgan fingerprint density at radius 3 is 2.74 bits per heavy atom. The summed E-state index contributed by atoms with van der Waals surface area (Å²) >= 11 is 0. The summed E-state index contributed by atoms with van der Waals surface area (Å²) in [6.07, 6.45) is 0.796. The molecule has 0 bridgehead atoms. The fraction of sp³-hybridized carbons (Fsp3) is 0.462. The van der Waals surface area contributed by atoms with Gasteiger partial charge in [-0.3, -0.25) is 0 Å². The maximum atomic E-state index is 11.7. The van der Waals surface area contributed by atoms with Gasteiger partial charge in [0.15, 0.2) is 11.5 Å². The number of carbonyl (C=O) groups is 2. The van der Waals surface area contributed by atoms with Gasteiger partial charge in [-0.15, -0.1) is 5.10 Å². The Bertz CT molecular complexity index is 686. The molecule has 0 saturated carbocycles. The van der Waals surface area contributed by atoms with E-state index in [1.54, 1.807) is 26.8 Å². The second kappa shape index (κ2) is 6.46. The molecule has 0 unspecified atom stereocenters. The standard InChI is InChI=1S/C13H17N5O5/c1-13(2,3)22-12(21)14-6-9-10(11(19)20)16-17-18(9)7-8-4-5-15-23-8/h4-5H,6-7H2,1-3H3,(H,14,21)(H,19,20). The summed E-state index contributed by atoms with van der Waals surface area (Å²) in [5, 5.41) is 22.6. The minimum atomic E-state index is -1.24. The molecular formula is C13H17N5O5. The number of hydrogen-bond donors (Lipinski definition) is 2. The molecule has 0 saturated heterocycles. The summed E-state index contributed by atoms with van der Waals surface area (Å²) < 4.78 is 11.4. The maximum absolute atomic E-state index is 11.7. The van der Waals surface area contributed by atoms with Gasteiger partial charge in [-0.05, 0) is 20.8 Å². The van der Waals surface area contributed by atoms with E-state index in [0.717, 1.165) is 0 Å². The van der Waals surface area contributed by atoms with Crippen molar-refractivity contribution in [1.82, 2.24) is 25.5 Å². The molecule has 0 radical (unpaired) electrons. The number of alkyl carbamates (subject to hydrolysis) is 1. The second-order valence-corrected chi connectivity index (χ2v) is 5.68. The van der Waals surface area contributed by atoms with Crippen molar-refractivity contribution in [3.05, 3.63) is 29.4 Å². The van der Waals surface area contributed by atoms with Crippen molar-refractivity contribution in [3.63, 3.8) is 0 Å². The zero-order chi connectivity index (χ0) is 17.0. The second-order valence-electron chi connectivity index (χ2n) is 5.68. The molecule has 2 heterocycles. The molecule has 0 spiro atoms. The van der Waals surface area contributed by atoms with E-state index in [1.807, 2.05) is 0 Å². The monoisotopic (exact) mass is 323 g/mol. The Labute approximate surface area is 131 Å². The van der Waals surface area contributed by atoms with Crippen LogP contribution in [0.4, 0.5) is 4.79 Å². The molecule has 10 nitrogen and oxygen atoms in total. The van der Waals surface area contributed by atoms with E-state index in [-0.39, 0.29) is 24.5 Å². The Morgan fingerprint density at radius 2 is 2.17 bits per heavy atom. The molecule has 0 aliphatic carbocycles. The number of carboxylic acids is 1. The topological polar surface area (TPSA) is 132 Å². The lowest BCUT2D eigenvalue weighted by atomic mass is 10.2. The quantitative estimate of drug-likeness (QED) is 0.834. The molecule has 2 rings (SSSR count). The summed E-state index contributed by atoms with van der Waals surface area (Å²) in [5.74, 6) is -0.764. The first-order chi connectivity index (χ1) is 10.8. The van der Waals surface area contributed by atoms with Crippen molar-refractivity contribution in [2.75, 3.05) is 0 Å². The van der Waals surface area contributed by atoms with Crippen LogP contribution in [0.5, 0.6) is 0 Å². The molecule has 0 aromatic carbocycles. The van der Waals surface area contributed by atoms with Crippen molar-refractivity contribution < 1.29 is 24.0 Å². The number of carbonyl (C=O) groups excluding carboxylic acids is 1. The van der Waals surface area contributed by atoms with Crippen molar-refractivity contribution >= 4 is 12.1 Å². The molecule has 23 heavy (non-hydrogen) atoms. The van der Waals surface area contributed by atoms with Crippen LogP contribution in [0.3, 0.4) is 0 Å². The van der Waals surface area contributed by atoms with Crippen LogP contribution in [-0.4, -0.2) is 42.9 Å². The average Bonchev–Trinajstić information content (AvgIpc) is 3.04. The molecule has 1 amide bonds. The number of nitrogens with one attached hydrogen (secondary N) is 1. The van der Waals surface area contributed by atoms with Crippen LogP contribution in [-0.2, 0) is 17.8 Å². The number of amides is 1. The van der Waals surface area contributed by atoms with Gasteiger partial charge in [-0.1, -0.05) is 10.4 Å². The Morgan fingerprint density at radius 1 is 1.43 bits per heavy atom. The van der Waals surface area contributed by atoms with Gasteiger partial charge in [0, 0.05) is 6.07 Å². The van der Waals surface area contributed by atoms with Gasteiger partial charge in [0.2, 0.25) is 0 Å². The number of hydrogen-bond acceptors (Lipinski definition) is 7. The van der Waals surface area contributed by atoms with E-state index in [2.05, 4.69) is 20.8 Å². The number of rotatable bonds is 5. The lowest BCUT2D eigenvalue weighted by Gasteiger charge is -2.19. The highest BCUT2D eigenvalue weighted by molar-refractivity contribution is 5.86. The van der Waals surface area contributed by atoms with Gasteiger partial charge in [0.25, 0.3) is 0 Å². The van der Waals surface area contributed by atoms with E-state index < -0.39 is 17.7 Å². The molecule has 2 aromatic rings. The van der Waals surface area contributed by atoms with E-state index in [4.69, 9.17) is 14.4 Å². The molecule has 124 valence electrons. The first-order valence-corrected chi connectivity index (χ1v) is 6.78. The highest BCUT2D eigenvalue weighted by atomic mass is 16.6. The van der Waals surface area contributed by atoms with Gasteiger partial charge in [0.05, 0.1) is 18.4 Å². The third-order valence-electron chi connectivity index (χ3n) is 2.64. The van der Waals surface area contributed by atoms with Crippen LogP contribution in [0, 0.1) is 0 Å². The minimum absolute atomic E-state index is 0.0995. The summed E-state index contributed by atoms with van der Waals surface area (Å²) in [6, 6.07) is 1.62. The van der Waals surface area contributed by atoms with Crippen LogP contribution in [0.15, 0.2) is 16.8 Å². The SMILES string of the molecule is CC(C)(C)OC(=O)NCc1c(C(=O)O)nnn1Cc1ccno1. The Hall–Kier alpha value is -2.91. The van der Waals surface area contributed by atoms with E-state index in [0.29, 0.717) is 5.76 Å². The average molecular weight is 323 g/mol. The smallest absolute Gasteiger partial charge is 0.407 e. The lowest BCUT2D eigenvalue weighted by Crippen LogP contribution is -2.33. The summed E-state index contributed by atoms with van der Waals surface area (Å²) in [5.41, 5.74) is -0.682. The first-order valence-electron chi connectivity index (χ1n) is 6.78. The van der Waals surface area contributed by atoms with Crippen LogP contribution in [0.2, 0.25) is 0 Å². The van der Waals surface area contributed by atoms with E-state index >= 15 is 0 Å². The number of nitrogens with zero attached hydrogens (tertiary/aromatic N) is 4. The van der Waals surface area contributed by atoms with E-state index in [9.17, 15) is 9.59 Å². The highest BCUT2D eigenvalue weighted by Crippen LogP contribution is 2.10. The number of aromatic carboxylic acids is 1. The predicted octanol–water partition coefficient (Wildman–Crippen LogP) is 1.04. The Kier molecular flexibility index (Phi) is 4.63. The molecule has 0 atom stereocenters. The maximum Gasteiger partial charge on any atom is 0.407 e. The summed E-state index contributed by atoms with van der Waals surface area (Å²) in [7, 11) is 0. The predicted molar refractivity (Wildman–Crippen MR) is 75.7 cm³/mol. The lowest BCUT2D eigenvalue weighted by molar-refractivity contribution is 0.0519. The summed E-state index contributed by atoms with van der Waals surface area (Å²) in [4.78, 5) is 22.9. The van der Waals surface area contributed by atoms with Gasteiger partial charge in [0.1, 0.15) is 12.1 Å². The van der Waals surface area contributed by atoms with Gasteiger partial charge >= 0.3 is 12.1 Å². The molecule has 2 aromatic heterocycles. The van der Waals surface area contributed by atoms with Gasteiger partial charge in [-0.2, -0.15) is 0 Å². The molecule has 10 heteroatoms. The van der Waals surface area contributed by atoms with E-state index in [1.165, 1.54) is 10.9 Å². The molecular weight excluding hydrogens is 306 g/mol. The van der Waals surface area contributed by atoms with Gasteiger partial charge in [-0.25, -0.2) is 14.3 Å². The van der Waals surface area contributed by atoms with Gasteiger partial charge < -0.3 is 19.7 Å². The van der Waals surface area contributed by atoms with Crippen LogP contribution >= 0.6 is 0 Å². The number of aromatic nitrogens is 4. The zero-order valence-electron chi connectivity index (χ0n) is 12.9.